The van der Waals surface area contributed by atoms with Gasteiger partial charge in [-0.15, -0.1) is 0 Å². The first-order chi connectivity index (χ1) is 20.5. The summed E-state index contributed by atoms with van der Waals surface area (Å²) in [6.07, 6.45) is 4.17. The molecule has 1 aliphatic rings. The number of halogens is 3. The van der Waals surface area contributed by atoms with Crippen molar-refractivity contribution in [2.75, 3.05) is 25.9 Å². The molecule has 0 bridgehead atoms. The number of rotatable bonds is 7. The molecular formula is C30H29F3N8O2. The number of hydrogen-bond acceptors (Lipinski definition) is 8. The van der Waals surface area contributed by atoms with Gasteiger partial charge in [0, 0.05) is 30.3 Å². The summed E-state index contributed by atoms with van der Waals surface area (Å²) in [5.41, 5.74) is 6.27. The van der Waals surface area contributed by atoms with Crippen molar-refractivity contribution in [3.05, 3.63) is 71.8 Å². The Labute approximate surface area is 245 Å². The summed E-state index contributed by atoms with van der Waals surface area (Å²) in [7, 11) is 1.74. The van der Waals surface area contributed by atoms with Gasteiger partial charge in [0.05, 0.1) is 11.4 Å². The van der Waals surface area contributed by atoms with E-state index in [-0.39, 0.29) is 46.7 Å². The second kappa shape index (κ2) is 11.7. The van der Waals surface area contributed by atoms with Gasteiger partial charge < -0.3 is 20.7 Å². The molecule has 3 heterocycles. The molecule has 0 radical (unpaired) electrons. The van der Waals surface area contributed by atoms with Crippen molar-refractivity contribution in [3.8, 4) is 28.8 Å². The molecule has 5 rings (SSSR count). The van der Waals surface area contributed by atoms with Crippen LogP contribution >= 0.6 is 0 Å². The van der Waals surface area contributed by atoms with Gasteiger partial charge in [-0.3, -0.25) is 4.79 Å². The van der Waals surface area contributed by atoms with Crippen LogP contribution in [0.3, 0.4) is 0 Å². The molecule has 0 spiro atoms. The fourth-order valence-electron chi connectivity index (χ4n) is 4.96. The summed E-state index contributed by atoms with van der Waals surface area (Å²) >= 11 is 0. The number of carbonyl (C=O) groups excluding carboxylic acids is 1. The van der Waals surface area contributed by atoms with Crippen LogP contribution < -0.4 is 15.8 Å². The first kappa shape index (κ1) is 29.5. The lowest BCUT2D eigenvalue weighted by molar-refractivity contribution is -0.128. The van der Waals surface area contributed by atoms with Crippen molar-refractivity contribution < 1.29 is 22.7 Å². The predicted octanol–water partition coefficient (Wildman–Crippen LogP) is 4.90. The Hall–Kier alpha value is -4.96. The van der Waals surface area contributed by atoms with E-state index < -0.39 is 28.9 Å². The fourth-order valence-corrected chi connectivity index (χ4v) is 4.96. The summed E-state index contributed by atoms with van der Waals surface area (Å²) in [6, 6.07) is 8.96. The van der Waals surface area contributed by atoms with Gasteiger partial charge in [0.15, 0.2) is 17.2 Å². The number of piperidine rings is 1. The zero-order valence-electron chi connectivity index (χ0n) is 23.7. The van der Waals surface area contributed by atoms with Gasteiger partial charge in [-0.2, -0.15) is 14.8 Å². The first-order valence-electron chi connectivity index (χ1n) is 13.5. The highest BCUT2D eigenvalue weighted by Crippen LogP contribution is 2.37. The minimum atomic E-state index is -1.19. The van der Waals surface area contributed by atoms with Crippen LogP contribution in [0, 0.1) is 28.8 Å². The van der Waals surface area contributed by atoms with Gasteiger partial charge in [0.25, 0.3) is 5.91 Å². The Morgan fingerprint density at radius 3 is 2.72 bits per heavy atom. The van der Waals surface area contributed by atoms with Crippen molar-refractivity contribution in [2.45, 2.75) is 38.3 Å². The van der Waals surface area contributed by atoms with Gasteiger partial charge >= 0.3 is 0 Å². The van der Waals surface area contributed by atoms with Gasteiger partial charge in [0.2, 0.25) is 5.82 Å². The number of likely N-dealkylation sites (tertiary alicyclic amines) is 1. The summed E-state index contributed by atoms with van der Waals surface area (Å²) < 4.78 is 50.2. The molecule has 1 aliphatic heterocycles. The molecule has 1 saturated heterocycles. The molecule has 13 heteroatoms. The number of nitrogens with zero attached hydrogens (tertiary/aromatic N) is 6. The molecule has 2 aromatic heterocycles. The van der Waals surface area contributed by atoms with E-state index in [9.17, 15) is 18.8 Å². The topological polar surface area (TPSA) is 135 Å². The SMILES string of the molecule is CNC(C)(C)C=C(C#N)C(=O)N1CCC[C@H](n2nc(-c3ccc(Oc4cccc(F)c4F)cc3F)c3c(N)ncnc32)C1. The fraction of sp³-hybridized carbons (Fsp3) is 0.300. The molecule has 10 nitrogen and oxygen atoms in total. The monoisotopic (exact) mass is 590 g/mol. The van der Waals surface area contributed by atoms with E-state index in [1.807, 2.05) is 19.9 Å². The third kappa shape index (κ3) is 5.87. The number of nitriles is 1. The molecule has 0 saturated carbocycles. The number of nitrogens with two attached hydrogens (primary N) is 1. The number of benzene rings is 2. The minimum absolute atomic E-state index is 0.0279. The van der Waals surface area contributed by atoms with E-state index in [1.165, 1.54) is 30.6 Å². The molecule has 3 N–H and O–H groups in total. The van der Waals surface area contributed by atoms with Crippen LogP contribution in [-0.4, -0.2) is 56.2 Å². The number of likely N-dealkylation sites (N-methyl/N-ethyl adjacent to an activating group) is 1. The molecule has 1 fully saturated rings. The van der Waals surface area contributed by atoms with Crippen molar-refractivity contribution in [2.24, 2.45) is 0 Å². The Morgan fingerprint density at radius 2 is 2.00 bits per heavy atom. The van der Waals surface area contributed by atoms with E-state index in [4.69, 9.17) is 15.6 Å². The van der Waals surface area contributed by atoms with Crippen molar-refractivity contribution in [3.63, 3.8) is 0 Å². The number of nitrogens with one attached hydrogen (secondary N) is 1. The van der Waals surface area contributed by atoms with Crippen molar-refractivity contribution in [1.82, 2.24) is 30.0 Å². The number of aromatic nitrogens is 4. The number of ether oxygens (including phenoxy) is 1. The van der Waals surface area contributed by atoms with Crippen LogP contribution in [0.1, 0.15) is 32.7 Å². The van der Waals surface area contributed by atoms with Crippen LogP contribution in [-0.2, 0) is 4.79 Å². The van der Waals surface area contributed by atoms with Gasteiger partial charge in [-0.1, -0.05) is 6.07 Å². The van der Waals surface area contributed by atoms with Gasteiger partial charge in [-0.25, -0.2) is 23.4 Å². The average Bonchev–Trinajstić information content (AvgIpc) is 3.39. The average molecular weight is 591 g/mol. The number of nitrogen functional groups attached to an aromatic ring is 1. The maximum atomic E-state index is 15.5. The maximum Gasteiger partial charge on any atom is 0.264 e. The number of anilines is 1. The van der Waals surface area contributed by atoms with Crippen LogP contribution in [0.5, 0.6) is 11.5 Å². The smallest absolute Gasteiger partial charge is 0.264 e. The third-order valence-corrected chi connectivity index (χ3v) is 7.39. The summed E-state index contributed by atoms with van der Waals surface area (Å²) in [5, 5.41) is 17.8. The van der Waals surface area contributed by atoms with E-state index in [2.05, 4.69) is 15.3 Å². The molecule has 4 aromatic rings. The van der Waals surface area contributed by atoms with E-state index in [0.29, 0.717) is 30.4 Å². The molecule has 1 amide bonds. The highest BCUT2D eigenvalue weighted by Gasteiger charge is 2.31. The summed E-state index contributed by atoms with van der Waals surface area (Å²) in [5.74, 6) is -3.78. The molecule has 0 unspecified atom stereocenters. The van der Waals surface area contributed by atoms with Crippen LogP contribution in [0.15, 0.2) is 54.4 Å². The second-order valence-corrected chi connectivity index (χ2v) is 10.7. The molecular weight excluding hydrogens is 561 g/mol. The van der Waals surface area contributed by atoms with Gasteiger partial charge in [-0.05, 0) is 64.1 Å². The molecule has 222 valence electrons. The zero-order chi connectivity index (χ0) is 30.9. The number of fused-ring (bicyclic) bond motifs is 1. The summed E-state index contributed by atoms with van der Waals surface area (Å²) in [4.78, 5) is 23.4. The first-order valence-corrected chi connectivity index (χ1v) is 13.5. The maximum absolute atomic E-state index is 15.5. The Bertz CT molecular complexity index is 1780. The Balaban J connectivity index is 1.48. The normalized spacial score (nSPS) is 15.9. The third-order valence-electron chi connectivity index (χ3n) is 7.39. The lowest BCUT2D eigenvalue weighted by Gasteiger charge is -2.33. The van der Waals surface area contributed by atoms with Crippen LogP contribution in [0.25, 0.3) is 22.3 Å². The van der Waals surface area contributed by atoms with E-state index >= 15 is 4.39 Å². The zero-order valence-corrected chi connectivity index (χ0v) is 23.7. The highest BCUT2D eigenvalue weighted by atomic mass is 19.2. The van der Waals surface area contributed by atoms with Crippen molar-refractivity contribution >= 4 is 22.8 Å². The Kier molecular flexibility index (Phi) is 8.06. The van der Waals surface area contributed by atoms with Crippen LogP contribution in [0.4, 0.5) is 19.0 Å². The summed E-state index contributed by atoms with van der Waals surface area (Å²) in [6.45, 7) is 4.41. The molecule has 0 aliphatic carbocycles. The van der Waals surface area contributed by atoms with Crippen LogP contribution in [0.2, 0.25) is 0 Å². The largest absolute Gasteiger partial charge is 0.454 e. The number of hydrogen-bond donors (Lipinski definition) is 2. The lowest BCUT2D eigenvalue weighted by atomic mass is 10.00. The van der Waals surface area contributed by atoms with E-state index in [1.54, 1.807) is 22.7 Å². The molecule has 2 aromatic carbocycles. The molecule has 1 atom stereocenters. The lowest BCUT2D eigenvalue weighted by Crippen LogP contribution is -2.42. The van der Waals surface area contributed by atoms with E-state index in [0.717, 1.165) is 12.1 Å². The predicted molar refractivity (Wildman–Crippen MR) is 153 cm³/mol. The number of carbonyl (C=O) groups is 1. The van der Waals surface area contributed by atoms with Gasteiger partial charge in [0.1, 0.15) is 41.0 Å². The second-order valence-electron chi connectivity index (χ2n) is 10.7. The standard InChI is InChI=1S/C30H29F3N8O2/c1-30(2,36-3)13-17(14-34)29(42)40-11-5-6-18(15-40)41-28-24(27(35)37-16-38-28)26(39-41)20-10-9-19(12-22(20)32)43-23-8-4-7-21(31)25(23)33/h4,7-10,12-13,16,18,36H,5-6,11,15H2,1-3H3,(H2,35,37,38)/t18-/m0/s1. The number of amides is 1. The molecule has 43 heavy (non-hydrogen) atoms. The Morgan fingerprint density at radius 1 is 1.21 bits per heavy atom. The van der Waals surface area contributed by atoms with Crippen molar-refractivity contribution in [1.29, 1.82) is 5.26 Å². The minimum Gasteiger partial charge on any atom is -0.454 e. The quantitative estimate of drug-likeness (QED) is 0.229. The highest BCUT2D eigenvalue weighted by molar-refractivity contribution is 5.99.